The van der Waals surface area contributed by atoms with Crippen molar-refractivity contribution in [1.29, 1.82) is 0 Å². The fourth-order valence-electron chi connectivity index (χ4n) is 4.22. The van der Waals surface area contributed by atoms with Crippen LogP contribution in [0.3, 0.4) is 0 Å². The highest BCUT2D eigenvalue weighted by molar-refractivity contribution is 8.00. The molecule has 0 spiro atoms. The summed E-state index contributed by atoms with van der Waals surface area (Å²) < 4.78 is 5.31. The van der Waals surface area contributed by atoms with Crippen LogP contribution in [0.4, 0.5) is 10.8 Å². The molecule has 4 aromatic carbocycles. The zero-order chi connectivity index (χ0) is 31.6. The van der Waals surface area contributed by atoms with E-state index in [4.69, 9.17) is 4.74 Å². The van der Waals surface area contributed by atoms with Crippen molar-refractivity contribution in [2.45, 2.75) is 17.1 Å². The zero-order valence-electron chi connectivity index (χ0n) is 24.5. The van der Waals surface area contributed by atoms with E-state index in [2.05, 4.69) is 20.9 Å². The van der Waals surface area contributed by atoms with Gasteiger partial charge in [-0.2, -0.15) is 0 Å². The smallest absolute Gasteiger partial charge is 0.272 e. The second kappa shape index (κ2) is 15.0. The lowest BCUT2D eigenvalue weighted by Gasteiger charge is -2.14. The van der Waals surface area contributed by atoms with Gasteiger partial charge in [0.2, 0.25) is 5.91 Å². The van der Waals surface area contributed by atoms with Crippen LogP contribution >= 0.6 is 23.1 Å². The number of carbonyl (C=O) groups is 3. The fraction of sp³-hybridized carbons (Fsp3) is 0.0857. The number of hydrogen-bond donors (Lipinski definition) is 3. The Morgan fingerprint density at radius 2 is 1.60 bits per heavy atom. The van der Waals surface area contributed by atoms with E-state index in [9.17, 15) is 14.4 Å². The molecule has 1 atom stereocenters. The van der Waals surface area contributed by atoms with Crippen molar-refractivity contribution in [3.8, 4) is 17.0 Å². The summed E-state index contributed by atoms with van der Waals surface area (Å²) in [5, 5.41) is 10.5. The first-order valence-electron chi connectivity index (χ1n) is 14.0. The minimum absolute atomic E-state index is 0.0567. The number of nitrogens with one attached hydrogen (secondary N) is 3. The van der Waals surface area contributed by atoms with Gasteiger partial charge in [0.1, 0.15) is 11.4 Å². The van der Waals surface area contributed by atoms with E-state index in [1.165, 1.54) is 23.1 Å². The molecular weight excluding hydrogens is 605 g/mol. The molecule has 45 heavy (non-hydrogen) atoms. The molecule has 1 heterocycles. The monoisotopic (exact) mass is 634 g/mol. The van der Waals surface area contributed by atoms with Gasteiger partial charge < -0.3 is 20.7 Å². The molecule has 8 nitrogen and oxygen atoms in total. The summed E-state index contributed by atoms with van der Waals surface area (Å²) in [4.78, 5) is 44.7. The molecule has 1 unspecified atom stereocenters. The van der Waals surface area contributed by atoms with E-state index in [1.54, 1.807) is 73.8 Å². The molecule has 3 N–H and O–H groups in total. The van der Waals surface area contributed by atoms with Crippen LogP contribution in [-0.4, -0.2) is 35.1 Å². The Labute approximate surface area is 269 Å². The van der Waals surface area contributed by atoms with Gasteiger partial charge in [-0.05, 0) is 61.0 Å². The number of nitrogens with zero attached hydrogens (tertiary/aromatic N) is 1. The number of rotatable bonds is 11. The van der Waals surface area contributed by atoms with Gasteiger partial charge in [0, 0.05) is 27.1 Å². The van der Waals surface area contributed by atoms with Gasteiger partial charge in [0.05, 0.1) is 18.1 Å². The summed E-state index contributed by atoms with van der Waals surface area (Å²) in [7, 11) is 1.56. The molecule has 0 saturated carbocycles. The number of thiazole rings is 1. The van der Waals surface area contributed by atoms with Crippen molar-refractivity contribution in [1.82, 2.24) is 10.3 Å². The van der Waals surface area contributed by atoms with Crippen molar-refractivity contribution in [2.24, 2.45) is 0 Å². The maximum Gasteiger partial charge on any atom is 0.272 e. The molecule has 226 valence electrons. The molecule has 0 aliphatic heterocycles. The van der Waals surface area contributed by atoms with Crippen molar-refractivity contribution < 1.29 is 19.1 Å². The molecule has 10 heteroatoms. The van der Waals surface area contributed by atoms with Gasteiger partial charge in [-0.3, -0.25) is 14.4 Å². The average Bonchev–Trinajstić information content (AvgIpc) is 3.54. The van der Waals surface area contributed by atoms with E-state index in [0.29, 0.717) is 27.7 Å². The first-order valence-corrected chi connectivity index (χ1v) is 15.8. The van der Waals surface area contributed by atoms with Crippen LogP contribution in [0.15, 0.2) is 125 Å². The standard InChI is InChI=1S/C35H30N4O4S2/c1-23(32(40)39-35-38-31(22-44-35)25-12-5-3-6-13-25)45-29-18-10-16-27(21-29)36-34(42)30(20-24-11-9-17-28(19-24)43-2)37-33(41)26-14-7-4-8-15-26/h3-23H,1-2H3,(H,36,42)(H,37,41)(H,38,39,40)/b30-20-. The highest BCUT2D eigenvalue weighted by atomic mass is 32.2. The molecule has 3 amide bonds. The number of aromatic nitrogens is 1. The molecule has 0 saturated heterocycles. The van der Waals surface area contributed by atoms with Crippen LogP contribution in [0.2, 0.25) is 0 Å². The Hall–Kier alpha value is -5.19. The van der Waals surface area contributed by atoms with Crippen molar-refractivity contribution in [2.75, 3.05) is 17.7 Å². The molecular formula is C35H30N4O4S2. The average molecular weight is 635 g/mol. The number of hydrogen-bond acceptors (Lipinski definition) is 7. The van der Waals surface area contributed by atoms with Crippen molar-refractivity contribution in [3.63, 3.8) is 0 Å². The van der Waals surface area contributed by atoms with Crippen molar-refractivity contribution >= 4 is 57.7 Å². The van der Waals surface area contributed by atoms with E-state index >= 15 is 0 Å². The van der Waals surface area contributed by atoms with Gasteiger partial charge in [-0.1, -0.05) is 66.7 Å². The third-order valence-corrected chi connectivity index (χ3v) is 8.36. The lowest BCUT2D eigenvalue weighted by atomic mass is 10.1. The molecule has 0 radical (unpaired) electrons. The van der Waals surface area contributed by atoms with Gasteiger partial charge in [-0.25, -0.2) is 4.98 Å². The summed E-state index contributed by atoms with van der Waals surface area (Å²) in [5.74, 6) is -0.490. The molecule has 0 bridgehead atoms. The summed E-state index contributed by atoms with van der Waals surface area (Å²) in [6.07, 6.45) is 1.59. The minimum atomic E-state index is -0.506. The Morgan fingerprint density at radius 1 is 0.867 bits per heavy atom. The predicted molar refractivity (Wildman–Crippen MR) is 181 cm³/mol. The predicted octanol–water partition coefficient (Wildman–Crippen LogP) is 7.35. The molecule has 5 rings (SSSR count). The topological polar surface area (TPSA) is 109 Å². The second-order valence-electron chi connectivity index (χ2n) is 9.79. The van der Waals surface area contributed by atoms with Gasteiger partial charge in [0.25, 0.3) is 11.8 Å². The third-order valence-electron chi connectivity index (χ3n) is 6.51. The van der Waals surface area contributed by atoms with E-state index in [0.717, 1.165) is 16.2 Å². The second-order valence-corrected chi connectivity index (χ2v) is 12.1. The Kier molecular flexibility index (Phi) is 10.4. The van der Waals surface area contributed by atoms with Crippen LogP contribution < -0.4 is 20.7 Å². The van der Waals surface area contributed by atoms with E-state index in [-0.39, 0.29) is 11.6 Å². The molecule has 0 aliphatic rings. The van der Waals surface area contributed by atoms with Gasteiger partial charge >= 0.3 is 0 Å². The summed E-state index contributed by atoms with van der Waals surface area (Å²) in [6, 6.07) is 32.8. The number of thioether (sulfide) groups is 1. The number of ether oxygens (including phenoxy) is 1. The quantitative estimate of drug-likeness (QED) is 0.104. The number of amides is 3. The lowest BCUT2D eigenvalue weighted by Crippen LogP contribution is -2.30. The maximum absolute atomic E-state index is 13.5. The first kappa shape index (κ1) is 31.2. The SMILES string of the molecule is COc1cccc(/C=C(\NC(=O)c2ccccc2)C(=O)Nc2cccc(SC(C)C(=O)Nc3nc(-c4ccccc4)cs3)c2)c1. The summed E-state index contributed by atoms with van der Waals surface area (Å²) in [6.45, 7) is 1.81. The summed E-state index contributed by atoms with van der Waals surface area (Å²) in [5.41, 5.74) is 3.45. The van der Waals surface area contributed by atoms with E-state index in [1.807, 2.05) is 60.8 Å². The Bertz CT molecular complexity index is 1820. The molecule has 5 aromatic rings. The fourth-order valence-corrected chi connectivity index (χ4v) is 5.87. The molecule has 0 fully saturated rings. The molecule has 1 aromatic heterocycles. The molecule has 0 aliphatic carbocycles. The lowest BCUT2D eigenvalue weighted by molar-refractivity contribution is -0.115. The minimum Gasteiger partial charge on any atom is -0.497 e. The van der Waals surface area contributed by atoms with Crippen molar-refractivity contribution in [3.05, 3.63) is 131 Å². The van der Waals surface area contributed by atoms with Crippen LogP contribution in [0.1, 0.15) is 22.8 Å². The van der Waals surface area contributed by atoms with Crippen LogP contribution in [-0.2, 0) is 9.59 Å². The number of anilines is 2. The van der Waals surface area contributed by atoms with E-state index < -0.39 is 17.1 Å². The Balaban J connectivity index is 1.26. The highest BCUT2D eigenvalue weighted by Crippen LogP contribution is 2.29. The van der Waals surface area contributed by atoms with Gasteiger partial charge in [0.15, 0.2) is 5.13 Å². The number of methoxy groups -OCH3 is 1. The largest absolute Gasteiger partial charge is 0.497 e. The summed E-state index contributed by atoms with van der Waals surface area (Å²) >= 11 is 2.73. The third kappa shape index (κ3) is 8.69. The first-order chi connectivity index (χ1) is 21.9. The number of benzene rings is 4. The van der Waals surface area contributed by atoms with Crippen LogP contribution in [0.5, 0.6) is 5.75 Å². The normalized spacial score (nSPS) is 11.7. The zero-order valence-corrected chi connectivity index (χ0v) is 26.2. The maximum atomic E-state index is 13.5. The van der Waals surface area contributed by atoms with Crippen LogP contribution in [0, 0.1) is 0 Å². The van der Waals surface area contributed by atoms with Crippen LogP contribution in [0.25, 0.3) is 17.3 Å². The Morgan fingerprint density at radius 3 is 2.36 bits per heavy atom. The highest BCUT2D eigenvalue weighted by Gasteiger charge is 2.18. The number of carbonyl (C=O) groups excluding carboxylic acids is 3. The van der Waals surface area contributed by atoms with Gasteiger partial charge in [-0.15, -0.1) is 23.1 Å².